The number of hydrogen-bond donors (Lipinski definition) is 0. The molecule has 9 aromatic carbocycles. The first-order valence-corrected chi connectivity index (χ1v) is 22.8. The van der Waals surface area contributed by atoms with Crippen LogP contribution in [0.4, 0.5) is 0 Å². The van der Waals surface area contributed by atoms with Gasteiger partial charge < -0.3 is 4.57 Å². The van der Waals surface area contributed by atoms with E-state index in [1.54, 1.807) is 34.0 Å². The molecule has 14 rings (SSSR count). The summed E-state index contributed by atoms with van der Waals surface area (Å²) < 4.78 is 52.4. The molecule has 0 radical (unpaired) electrons. The normalized spacial score (nSPS) is 13.3. The fraction of sp³-hybridized carbons (Fsp3) is 0. The molecule has 0 bridgehead atoms. The summed E-state index contributed by atoms with van der Waals surface area (Å²) in [6.07, 6.45) is 0. The van der Waals surface area contributed by atoms with Crippen molar-refractivity contribution < 1.29 is 6.85 Å². The van der Waals surface area contributed by atoms with Crippen molar-refractivity contribution >= 4 is 127 Å². The Bertz CT molecular complexity index is 4440. The van der Waals surface area contributed by atoms with Crippen molar-refractivity contribution in [2.24, 2.45) is 0 Å². The van der Waals surface area contributed by atoms with E-state index in [2.05, 4.69) is 144 Å². The molecule has 0 amide bonds. The molecule has 6 heteroatoms. The first-order valence-electron chi connectivity index (χ1n) is 22.9. The van der Waals surface area contributed by atoms with Gasteiger partial charge in [-0.15, -0.1) is 34.0 Å². The molecule has 0 spiro atoms. The van der Waals surface area contributed by atoms with Gasteiger partial charge in [-0.1, -0.05) is 127 Å². The molecule has 0 atom stereocenters. The second-order valence-electron chi connectivity index (χ2n) is 15.7. The largest absolute Gasteiger partial charge is 0.309 e. The van der Waals surface area contributed by atoms with Crippen molar-refractivity contribution in [3.63, 3.8) is 0 Å². The smallest absolute Gasteiger partial charge is 0.160 e. The van der Waals surface area contributed by atoms with Gasteiger partial charge in [0.2, 0.25) is 0 Å². The lowest BCUT2D eigenvalue weighted by Gasteiger charge is -2.12. The van der Waals surface area contributed by atoms with Gasteiger partial charge in [0, 0.05) is 83.4 Å². The molecule has 5 heterocycles. The summed E-state index contributed by atoms with van der Waals surface area (Å²) in [5.74, 6) is 0.684. The van der Waals surface area contributed by atoms with E-state index < -0.39 is 6.04 Å². The van der Waals surface area contributed by atoms with Crippen LogP contribution in [0.1, 0.15) is 6.85 Å². The van der Waals surface area contributed by atoms with Gasteiger partial charge >= 0.3 is 0 Å². The quantitative estimate of drug-likeness (QED) is 0.177. The molecule has 0 aliphatic carbocycles. The van der Waals surface area contributed by atoms with Crippen LogP contribution in [-0.4, -0.2) is 14.5 Å². The Kier molecular flexibility index (Phi) is 6.34. The average molecular weight is 847 g/mol. The number of hydrogen-bond acceptors (Lipinski definition) is 5. The van der Waals surface area contributed by atoms with Gasteiger partial charge in [-0.05, 0) is 77.2 Å². The van der Waals surface area contributed by atoms with Gasteiger partial charge in [0.15, 0.2) is 5.82 Å². The Morgan fingerprint density at radius 2 is 1.03 bits per heavy atom. The van der Waals surface area contributed by atoms with E-state index in [4.69, 9.17) is 16.8 Å². The van der Waals surface area contributed by atoms with Crippen molar-refractivity contribution in [3.8, 4) is 39.5 Å². The minimum absolute atomic E-state index is 0.187. The van der Waals surface area contributed by atoms with Gasteiger partial charge in [-0.2, -0.15) is 0 Å². The predicted molar refractivity (Wildman–Crippen MR) is 269 cm³/mol. The maximum Gasteiger partial charge on any atom is 0.160 e. The molecule has 62 heavy (non-hydrogen) atoms. The Morgan fingerprint density at radius 3 is 1.84 bits per heavy atom. The summed E-state index contributed by atoms with van der Waals surface area (Å²) in [6.45, 7) is 0. The summed E-state index contributed by atoms with van der Waals surface area (Å²) in [4.78, 5) is 10.7. The molecule has 3 nitrogen and oxygen atoms in total. The van der Waals surface area contributed by atoms with Gasteiger partial charge in [-0.25, -0.2) is 9.97 Å². The summed E-state index contributed by atoms with van der Waals surface area (Å²) in [5.41, 5.74) is 7.48. The molecule has 5 aromatic heterocycles. The zero-order chi connectivity index (χ0) is 44.8. The zero-order valence-corrected chi connectivity index (χ0v) is 35.0. The second-order valence-corrected chi connectivity index (χ2v) is 18.9. The highest BCUT2D eigenvalue weighted by atomic mass is 32.1. The van der Waals surface area contributed by atoms with E-state index in [0.29, 0.717) is 11.4 Å². The topological polar surface area (TPSA) is 30.7 Å². The molecule has 14 aromatic rings. The Hall–Kier alpha value is -7.22. The first kappa shape index (κ1) is 29.9. The van der Waals surface area contributed by atoms with Crippen LogP contribution in [0.25, 0.3) is 133 Å². The Balaban J connectivity index is 1.02. The van der Waals surface area contributed by atoms with E-state index in [0.717, 1.165) is 80.1 Å². The third kappa shape index (κ3) is 4.97. The highest BCUT2D eigenvalue weighted by molar-refractivity contribution is 7.27. The number of nitrogens with zero attached hydrogens (tertiary/aromatic N) is 3. The van der Waals surface area contributed by atoms with Crippen LogP contribution in [0.2, 0.25) is 0 Å². The molecular formula is C56H31N3S3. The van der Waals surface area contributed by atoms with Crippen molar-refractivity contribution in [1.29, 1.82) is 0 Å². The lowest BCUT2D eigenvalue weighted by Crippen LogP contribution is -1.96. The molecule has 0 saturated carbocycles. The number of rotatable bonds is 4. The van der Waals surface area contributed by atoms with Crippen LogP contribution in [0.3, 0.4) is 0 Å². The van der Waals surface area contributed by atoms with Crippen molar-refractivity contribution in [3.05, 3.63) is 188 Å². The zero-order valence-electron chi connectivity index (χ0n) is 37.6. The predicted octanol–water partition coefficient (Wildman–Crippen LogP) is 16.8. The van der Waals surface area contributed by atoms with Gasteiger partial charge in [0.25, 0.3) is 0 Å². The highest BCUT2D eigenvalue weighted by Crippen LogP contribution is 2.49. The van der Waals surface area contributed by atoms with Gasteiger partial charge in [0.05, 0.1) is 33.8 Å². The molecule has 0 N–H and O–H groups in total. The number of thiophene rings is 3. The third-order valence-electron chi connectivity index (χ3n) is 12.3. The lowest BCUT2D eigenvalue weighted by molar-refractivity contribution is 1.18. The second kappa shape index (κ2) is 13.1. The average Bonchev–Trinajstić information content (AvgIpc) is 4.14. The minimum Gasteiger partial charge on any atom is -0.309 e. The standard InChI is InChI=1S/C56H31N3S3/c1-2-12-32(13-3-1)34-24-28-44-43(30-34)50-53(39-16-5-4-15-38(39)49-40-17-7-10-20-46(40)61-54(49)50)59(44)36-26-22-33(23-27-36)51-55-52(41-18-8-11-21-47(41)62-55)58-56(57-51)35-25-29-48-42(31-35)37-14-6-9-19-45(37)60-48/h1-31H/i1D,2D,3D,12D,13D. The fourth-order valence-electron chi connectivity index (χ4n) is 9.54. The Labute approximate surface area is 374 Å². The van der Waals surface area contributed by atoms with Crippen molar-refractivity contribution in [2.75, 3.05) is 0 Å². The van der Waals surface area contributed by atoms with E-state index >= 15 is 0 Å². The summed E-state index contributed by atoms with van der Waals surface area (Å²) in [5, 5.41) is 10.2. The maximum atomic E-state index is 8.90. The van der Waals surface area contributed by atoms with Crippen LogP contribution in [0.5, 0.6) is 0 Å². The number of aromatic nitrogens is 3. The number of fused-ring (bicyclic) bond motifs is 16. The third-order valence-corrected chi connectivity index (χ3v) is 15.8. The van der Waals surface area contributed by atoms with Crippen LogP contribution in [0, 0.1) is 0 Å². The van der Waals surface area contributed by atoms with Crippen LogP contribution >= 0.6 is 34.0 Å². The summed E-state index contributed by atoms with van der Waals surface area (Å²) in [7, 11) is 0. The molecule has 0 saturated heterocycles. The SMILES string of the molecule is [2H]c1c([2H])c([2H])c(-c2ccc3c(c2)c2c4sc5ccccc5c4c4ccccc4c2n3-c2ccc(-c3nc(-c4ccc5sc6ccccc6c5c4)nc4c3sc3ccccc34)cc2)c([2H])c1[2H]. The molecule has 0 unspecified atom stereocenters. The van der Waals surface area contributed by atoms with Crippen molar-refractivity contribution in [2.45, 2.75) is 0 Å². The fourth-order valence-corrected chi connectivity index (χ4v) is 13.1. The maximum absolute atomic E-state index is 8.90. The molecule has 288 valence electrons. The van der Waals surface area contributed by atoms with Crippen molar-refractivity contribution in [1.82, 2.24) is 14.5 Å². The van der Waals surface area contributed by atoms with Crippen LogP contribution in [0.15, 0.2) is 188 Å². The molecule has 0 aliphatic rings. The minimum atomic E-state index is -0.404. The summed E-state index contributed by atoms with van der Waals surface area (Å²) >= 11 is 5.28. The highest BCUT2D eigenvalue weighted by Gasteiger charge is 2.23. The van der Waals surface area contributed by atoms with Crippen LogP contribution < -0.4 is 0 Å². The van der Waals surface area contributed by atoms with E-state index in [1.807, 2.05) is 18.2 Å². The summed E-state index contributed by atoms with van der Waals surface area (Å²) in [6, 6.07) is 53.8. The number of benzene rings is 9. The van der Waals surface area contributed by atoms with E-state index in [-0.39, 0.29) is 29.7 Å². The molecule has 0 aliphatic heterocycles. The van der Waals surface area contributed by atoms with Gasteiger partial charge in [-0.3, -0.25) is 0 Å². The van der Waals surface area contributed by atoms with E-state index in [9.17, 15) is 0 Å². The Morgan fingerprint density at radius 1 is 0.419 bits per heavy atom. The van der Waals surface area contributed by atoms with Crippen LogP contribution in [-0.2, 0) is 0 Å². The molecular weight excluding hydrogens is 811 g/mol. The monoisotopic (exact) mass is 846 g/mol. The lowest BCUT2D eigenvalue weighted by atomic mass is 9.98. The van der Waals surface area contributed by atoms with E-state index in [1.165, 1.54) is 35.6 Å². The first-order chi connectivity index (χ1) is 32.8. The molecule has 0 fully saturated rings. The van der Waals surface area contributed by atoms with Gasteiger partial charge in [0.1, 0.15) is 0 Å².